The summed E-state index contributed by atoms with van der Waals surface area (Å²) in [5.74, 6) is 0.408. The SMILES string of the molecule is Cc1ccc(-c2cc(Br)c(N)nn2)cc1. The van der Waals surface area contributed by atoms with Crippen molar-refractivity contribution in [2.24, 2.45) is 0 Å². The number of nitrogen functional groups attached to an aromatic ring is 1. The number of aryl methyl sites for hydroxylation is 1. The minimum atomic E-state index is 0.408. The third kappa shape index (κ3) is 2.15. The predicted molar refractivity (Wildman–Crippen MR) is 64.3 cm³/mol. The molecule has 1 aromatic carbocycles. The highest BCUT2D eigenvalue weighted by Gasteiger charge is 2.03. The number of rotatable bonds is 1. The summed E-state index contributed by atoms with van der Waals surface area (Å²) >= 11 is 3.33. The zero-order valence-corrected chi connectivity index (χ0v) is 9.82. The van der Waals surface area contributed by atoms with Gasteiger partial charge in [-0.15, -0.1) is 10.2 Å². The second-order valence-electron chi connectivity index (χ2n) is 3.33. The molecular weight excluding hydrogens is 254 g/mol. The molecule has 0 radical (unpaired) electrons. The molecule has 2 aromatic rings. The van der Waals surface area contributed by atoms with Gasteiger partial charge in [-0.05, 0) is 28.9 Å². The Morgan fingerprint density at radius 3 is 2.40 bits per heavy atom. The largest absolute Gasteiger partial charge is 0.381 e. The summed E-state index contributed by atoms with van der Waals surface area (Å²) in [6, 6.07) is 9.99. The van der Waals surface area contributed by atoms with E-state index in [2.05, 4.69) is 26.1 Å². The molecule has 0 fully saturated rings. The fraction of sp³-hybridized carbons (Fsp3) is 0.0909. The van der Waals surface area contributed by atoms with Gasteiger partial charge in [0.25, 0.3) is 0 Å². The molecule has 1 heterocycles. The first-order valence-corrected chi connectivity index (χ1v) is 5.32. The Labute approximate surface area is 96.5 Å². The average molecular weight is 264 g/mol. The number of anilines is 1. The Morgan fingerprint density at radius 1 is 1.13 bits per heavy atom. The van der Waals surface area contributed by atoms with E-state index in [0.29, 0.717) is 5.82 Å². The van der Waals surface area contributed by atoms with Crippen LogP contribution in [0.3, 0.4) is 0 Å². The maximum absolute atomic E-state index is 5.57. The van der Waals surface area contributed by atoms with Crippen LogP contribution in [0.5, 0.6) is 0 Å². The molecule has 2 rings (SSSR count). The molecule has 0 aliphatic carbocycles. The molecule has 15 heavy (non-hydrogen) atoms. The standard InChI is InChI=1S/C11H10BrN3/c1-7-2-4-8(5-3-7)10-6-9(12)11(13)15-14-10/h2-6H,1H3,(H2,13,15). The summed E-state index contributed by atoms with van der Waals surface area (Å²) < 4.78 is 0.771. The molecule has 0 unspecified atom stereocenters. The van der Waals surface area contributed by atoms with Crippen molar-refractivity contribution in [1.82, 2.24) is 10.2 Å². The van der Waals surface area contributed by atoms with Crippen LogP contribution in [0.1, 0.15) is 5.56 Å². The first kappa shape index (κ1) is 10.1. The molecular formula is C11H10BrN3. The van der Waals surface area contributed by atoms with E-state index in [4.69, 9.17) is 5.73 Å². The van der Waals surface area contributed by atoms with Crippen LogP contribution in [0.15, 0.2) is 34.8 Å². The third-order valence-electron chi connectivity index (χ3n) is 2.12. The second kappa shape index (κ2) is 3.98. The van der Waals surface area contributed by atoms with E-state index >= 15 is 0 Å². The molecule has 0 aliphatic heterocycles. The van der Waals surface area contributed by atoms with Crippen molar-refractivity contribution in [1.29, 1.82) is 0 Å². The number of benzene rings is 1. The molecule has 1 aromatic heterocycles. The van der Waals surface area contributed by atoms with E-state index in [9.17, 15) is 0 Å². The van der Waals surface area contributed by atoms with Gasteiger partial charge < -0.3 is 5.73 Å². The summed E-state index contributed by atoms with van der Waals surface area (Å²) in [4.78, 5) is 0. The van der Waals surface area contributed by atoms with Gasteiger partial charge in [0.15, 0.2) is 5.82 Å². The molecule has 0 amide bonds. The van der Waals surface area contributed by atoms with Crippen molar-refractivity contribution in [2.75, 3.05) is 5.73 Å². The van der Waals surface area contributed by atoms with E-state index in [1.807, 2.05) is 37.3 Å². The molecule has 2 N–H and O–H groups in total. The number of nitrogens with zero attached hydrogens (tertiary/aromatic N) is 2. The van der Waals surface area contributed by atoms with Crippen molar-refractivity contribution in [3.63, 3.8) is 0 Å². The lowest BCUT2D eigenvalue weighted by molar-refractivity contribution is 1.04. The number of nitrogens with two attached hydrogens (primary N) is 1. The van der Waals surface area contributed by atoms with E-state index in [-0.39, 0.29) is 0 Å². The molecule has 0 saturated carbocycles. The molecule has 76 valence electrons. The van der Waals surface area contributed by atoms with Crippen LogP contribution in [-0.2, 0) is 0 Å². The van der Waals surface area contributed by atoms with E-state index in [1.165, 1.54) is 5.56 Å². The number of hydrogen-bond donors (Lipinski definition) is 1. The van der Waals surface area contributed by atoms with Gasteiger partial charge in [0.05, 0.1) is 10.2 Å². The topological polar surface area (TPSA) is 51.8 Å². The molecule has 0 saturated heterocycles. The normalized spacial score (nSPS) is 10.3. The highest BCUT2D eigenvalue weighted by molar-refractivity contribution is 9.10. The number of halogens is 1. The van der Waals surface area contributed by atoms with Crippen LogP contribution in [0.25, 0.3) is 11.3 Å². The van der Waals surface area contributed by atoms with E-state index in [1.54, 1.807) is 0 Å². The van der Waals surface area contributed by atoms with Crippen LogP contribution in [0.2, 0.25) is 0 Å². The first-order valence-electron chi connectivity index (χ1n) is 4.52. The van der Waals surface area contributed by atoms with Gasteiger partial charge in [-0.1, -0.05) is 29.8 Å². The van der Waals surface area contributed by atoms with Crippen molar-refractivity contribution in [2.45, 2.75) is 6.92 Å². The first-order chi connectivity index (χ1) is 7.16. The van der Waals surface area contributed by atoms with Crippen LogP contribution >= 0.6 is 15.9 Å². The van der Waals surface area contributed by atoms with Gasteiger partial charge in [0.1, 0.15) is 0 Å². The molecule has 0 spiro atoms. The smallest absolute Gasteiger partial charge is 0.160 e. The summed E-state index contributed by atoms with van der Waals surface area (Å²) in [5, 5.41) is 7.89. The molecule has 0 aliphatic rings. The third-order valence-corrected chi connectivity index (χ3v) is 2.76. The summed E-state index contributed by atoms with van der Waals surface area (Å²) in [6.45, 7) is 2.05. The van der Waals surface area contributed by atoms with Gasteiger partial charge >= 0.3 is 0 Å². The fourth-order valence-electron chi connectivity index (χ4n) is 1.24. The molecule has 0 atom stereocenters. The maximum atomic E-state index is 5.57. The highest BCUT2D eigenvalue weighted by atomic mass is 79.9. The summed E-state index contributed by atoms with van der Waals surface area (Å²) in [6.07, 6.45) is 0. The second-order valence-corrected chi connectivity index (χ2v) is 4.18. The lowest BCUT2D eigenvalue weighted by atomic mass is 10.1. The van der Waals surface area contributed by atoms with Crippen LogP contribution < -0.4 is 5.73 Å². The molecule has 3 nitrogen and oxygen atoms in total. The lowest BCUT2D eigenvalue weighted by Crippen LogP contribution is -1.95. The number of aromatic nitrogens is 2. The zero-order chi connectivity index (χ0) is 10.8. The number of hydrogen-bond acceptors (Lipinski definition) is 3. The zero-order valence-electron chi connectivity index (χ0n) is 8.24. The van der Waals surface area contributed by atoms with Crippen LogP contribution in [-0.4, -0.2) is 10.2 Å². The predicted octanol–water partition coefficient (Wildman–Crippen LogP) is 2.80. The Kier molecular flexibility index (Phi) is 2.68. The highest BCUT2D eigenvalue weighted by Crippen LogP contribution is 2.23. The van der Waals surface area contributed by atoms with Crippen molar-refractivity contribution in [3.05, 3.63) is 40.4 Å². The monoisotopic (exact) mass is 263 g/mol. The average Bonchev–Trinajstić information content (AvgIpc) is 2.23. The van der Waals surface area contributed by atoms with Crippen molar-refractivity contribution < 1.29 is 0 Å². The minimum Gasteiger partial charge on any atom is -0.381 e. The Balaban J connectivity index is 2.45. The van der Waals surface area contributed by atoms with Crippen LogP contribution in [0, 0.1) is 6.92 Å². The molecule has 4 heteroatoms. The van der Waals surface area contributed by atoms with Gasteiger partial charge in [0, 0.05) is 5.56 Å². The van der Waals surface area contributed by atoms with Crippen molar-refractivity contribution >= 4 is 21.7 Å². The molecule has 0 bridgehead atoms. The fourth-order valence-corrected chi connectivity index (χ4v) is 1.54. The maximum Gasteiger partial charge on any atom is 0.160 e. The van der Waals surface area contributed by atoms with Gasteiger partial charge in [-0.3, -0.25) is 0 Å². The Morgan fingerprint density at radius 2 is 1.80 bits per heavy atom. The van der Waals surface area contributed by atoms with E-state index < -0.39 is 0 Å². The Hall–Kier alpha value is -1.42. The summed E-state index contributed by atoms with van der Waals surface area (Å²) in [7, 11) is 0. The van der Waals surface area contributed by atoms with E-state index in [0.717, 1.165) is 15.7 Å². The quantitative estimate of drug-likeness (QED) is 0.861. The van der Waals surface area contributed by atoms with Gasteiger partial charge in [0.2, 0.25) is 0 Å². The minimum absolute atomic E-state index is 0.408. The van der Waals surface area contributed by atoms with Gasteiger partial charge in [-0.25, -0.2) is 0 Å². The van der Waals surface area contributed by atoms with Gasteiger partial charge in [-0.2, -0.15) is 0 Å². The van der Waals surface area contributed by atoms with Crippen molar-refractivity contribution in [3.8, 4) is 11.3 Å². The van der Waals surface area contributed by atoms with Crippen LogP contribution in [0.4, 0.5) is 5.82 Å². The summed E-state index contributed by atoms with van der Waals surface area (Å²) in [5.41, 5.74) is 8.65. The Bertz CT molecular complexity index is 480. The lowest BCUT2D eigenvalue weighted by Gasteiger charge is -2.02.